The molecule has 2 aromatic rings. The number of rotatable bonds is 3. The third-order valence-electron chi connectivity index (χ3n) is 2.61. The van der Waals surface area contributed by atoms with Crippen molar-refractivity contribution in [1.29, 1.82) is 0 Å². The van der Waals surface area contributed by atoms with Gasteiger partial charge in [-0.25, -0.2) is 4.68 Å². The van der Waals surface area contributed by atoms with Crippen molar-refractivity contribution in [1.82, 2.24) is 9.78 Å². The van der Waals surface area contributed by atoms with Crippen molar-refractivity contribution < 1.29 is 14.7 Å². The normalized spacial score (nSPS) is 10.4. The number of hydrogen-bond donors (Lipinski definition) is 1. The minimum Gasteiger partial charge on any atom is -0.507 e. The summed E-state index contributed by atoms with van der Waals surface area (Å²) in [7, 11) is 0. The van der Waals surface area contributed by atoms with Gasteiger partial charge in [-0.3, -0.25) is 9.59 Å². The Balaban J connectivity index is 2.36. The maximum Gasteiger partial charge on any atom is 0.246 e. The largest absolute Gasteiger partial charge is 0.507 e. The van der Waals surface area contributed by atoms with Crippen LogP contribution in [0.4, 0.5) is 0 Å². The topological polar surface area (TPSA) is 72.2 Å². The molecule has 0 spiro atoms. The Labute approximate surface area is 118 Å². The molecule has 98 valence electrons. The van der Waals surface area contributed by atoms with E-state index in [0.717, 1.165) is 4.68 Å². The molecule has 0 aliphatic carbocycles. The lowest BCUT2D eigenvalue weighted by molar-refractivity contribution is 0.0893. The Hall–Kier alpha value is -1.95. The van der Waals surface area contributed by atoms with Crippen LogP contribution in [0.2, 0.25) is 0 Å². The molecule has 19 heavy (non-hydrogen) atoms. The van der Waals surface area contributed by atoms with Crippen molar-refractivity contribution in [3.63, 3.8) is 0 Å². The molecule has 0 atom stereocenters. The fourth-order valence-electron chi connectivity index (χ4n) is 1.58. The fourth-order valence-corrected chi connectivity index (χ4v) is 1.95. The van der Waals surface area contributed by atoms with E-state index in [1.165, 1.54) is 24.5 Å². The van der Waals surface area contributed by atoms with Crippen LogP contribution in [0.5, 0.6) is 5.75 Å². The molecule has 0 unspecified atom stereocenters. The second kappa shape index (κ2) is 5.36. The maximum atomic E-state index is 12.2. The van der Waals surface area contributed by atoms with E-state index in [0.29, 0.717) is 10.9 Å². The number of carbonyl (C=O) groups excluding carboxylic acids is 2. The predicted molar refractivity (Wildman–Crippen MR) is 72.4 cm³/mol. The second-order valence-electron chi connectivity index (χ2n) is 3.91. The Bertz CT molecular complexity index is 649. The predicted octanol–water partition coefficient (Wildman–Crippen LogP) is 2.63. The SMILES string of the molecule is CCC(=O)n1cc(C(=O)c2cc(Br)ccc2O)cn1. The molecule has 1 aromatic carbocycles. The molecule has 1 heterocycles. The highest BCUT2D eigenvalue weighted by atomic mass is 79.9. The van der Waals surface area contributed by atoms with Crippen molar-refractivity contribution >= 4 is 27.6 Å². The van der Waals surface area contributed by atoms with Crippen molar-refractivity contribution in [2.45, 2.75) is 13.3 Å². The lowest BCUT2D eigenvalue weighted by Crippen LogP contribution is -2.09. The minimum atomic E-state index is -0.381. The summed E-state index contributed by atoms with van der Waals surface area (Å²) in [4.78, 5) is 23.6. The maximum absolute atomic E-state index is 12.2. The molecule has 0 aliphatic heterocycles. The van der Waals surface area contributed by atoms with E-state index in [-0.39, 0.29) is 28.6 Å². The summed E-state index contributed by atoms with van der Waals surface area (Å²) in [6.45, 7) is 1.71. The van der Waals surface area contributed by atoms with E-state index < -0.39 is 0 Å². The quantitative estimate of drug-likeness (QED) is 0.882. The highest BCUT2D eigenvalue weighted by Crippen LogP contribution is 2.24. The molecule has 1 aromatic heterocycles. The van der Waals surface area contributed by atoms with Crippen molar-refractivity contribution in [2.24, 2.45) is 0 Å². The van der Waals surface area contributed by atoms with Gasteiger partial charge in [-0.1, -0.05) is 22.9 Å². The lowest BCUT2D eigenvalue weighted by Gasteiger charge is -2.02. The van der Waals surface area contributed by atoms with Gasteiger partial charge in [-0.05, 0) is 18.2 Å². The summed E-state index contributed by atoms with van der Waals surface area (Å²) in [5.74, 6) is -0.686. The van der Waals surface area contributed by atoms with Gasteiger partial charge in [-0.2, -0.15) is 5.10 Å². The van der Waals surface area contributed by atoms with Gasteiger partial charge in [0.25, 0.3) is 0 Å². The van der Waals surface area contributed by atoms with Gasteiger partial charge in [0.15, 0.2) is 5.78 Å². The third kappa shape index (κ3) is 2.73. The van der Waals surface area contributed by atoms with E-state index in [1.807, 2.05) is 0 Å². The van der Waals surface area contributed by atoms with Crippen molar-refractivity contribution in [3.05, 3.63) is 46.2 Å². The molecular formula is C13H11BrN2O3. The van der Waals surface area contributed by atoms with Gasteiger partial charge in [0.1, 0.15) is 5.75 Å². The number of phenols is 1. The van der Waals surface area contributed by atoms with E-state index in [9.17, 15) is 14.7 Å². The minimum absolute atomic E-state index is 0.109. The van der Waals surface area contributed by atoms with Crippen LogP contribution in [-0.2, 0) is 0 Å². The van der Waals surface area contributed by atoms with E-state index in [1.54, 1.807) is 13.0 Å². The number of benzene rings is 1. The first kappa shape index (κ1) is 13.5. The summed E-state index contributed by atoms with van der Waals surface area (Å²) >= 11 is 3.24. The molecule has 6 heteroatoms. The van der Waals surface area contributed by atoms with Gasteiger partial charge >= 0.3 is 0 Å². The first-order chi connectivity index (χ1) is 9.02. The summed E-state index contributed by atoms with van der Waals surface area (Å²) < 4.78 is 1.81. The molecular weight excluding hydrogens is 312 g/mol. The van der Waals surface area contributed by atoms with Crippen LogP contribution in [0.15, 0.2) is 35.1 Å². The van der Waals surface area contributed by atoms with E-state index in [2.05, 4.69) is 21.0 Å². The number of aromatic nitrogens is 2. The number of hydrogen-bond acceptors (Lipinski definition) is 4. The van der Waals surface area contributed by atoms with Crippen LogP contribution >= 0.6 is 15.9 Å². The van der Waals surface area contributed by atoms with Crippen LogP contribution in [0, 0.1) is 0 Å². The van der Waals surface area contributed by atoms with Gasteiger partial charge in [0, 0.05) is 17.1 Å². The number of nitrogens with zero attached hydrogens (tertiary/aromatic N) is 2. The van der Waals surface area contributed by atoms with Crippen molar-refractivity contribution in [3.8, 4) is 5.75 Å². The number of ketones is 1. The van der Waals surface area contributed by atoms with Crippen LogP contribution < -0.4 is 0 Å². The monoisotopic (exact) mass is 322 g/mol. The molecule has 0 fully saturated rings. The number of carbonyl (C=O) groups is 2. The van der Waals surface area contributed by atoms with Gasteiger partial charge in [0.05, 0.1) is 17.3 Å². The zero-order valence-electron chi connectivity index (χ0n) is 10.1. The standard InChI is InChI=1S/C13H11BrN2O3/c1-2-12(18)16-7-8(6-15-16)13(19)10-5-9(14)3-4-11(10)17/h3-7,17H,2H2,1H3. The van der Waals surface area contributed by atoms with Crippen LogP contribution in [0.3, 0.4) is 0 Å². The average molecular weight is 323 g/mol. The molecule has 1 N–H and O–H groups in total. The Morgan fingerprint density at radius 1 is 1.42 bits per heavy atom. The number of phenolic OH excluding ortho intramolecular Hbond substituents is 1. The van der Waals surface area contributed by atoms with Crippen LogP contribution in [0.1, 0.15) is 34.1 Å². The molecule has 0 saturated carbocycles. The first-order valence-electron chi connectivity index (χ1n) is 5.64. The Morgan fingerprint density at radius 2 is 2.16 bits per heavy atom. The van der Waals surface area contributed by atoms with E-state index in [4.69, 9.17) is 0 Å². The Kier molecular flexibility index (Phi) is 3.80. The molecule has 0 aliphatic rings. The van der Waals surface area contributed by atoms with E-state index >= 15 is 0 Å². The zero-order chi connectivity index (χ0) is 14.0. The fraction of sp³-hybridized carbons (Fsp3) is 0.154. The lowest BCUT2D eigenvalue weighted by atomic mass is 10.1. The molecule has 0 radical (unpaired) electrons. The summed E-state index contributed by atoms with van der Waals surface area (Å²) in [6, 6.07) is 4.59. The zero-order valence-corrected chi connectivity index (χ0v) is 11.7. The highest BCUT2D eigenvalue weighted by molar-refractivity contribution is 9.10. The third-order valence-corrected chi connectivity index (χ3v) is 3.10. The summed E-state index contributed by atoms with van der Waals surface area (Å²) in [5, 5.41) is 13.5. The number of aromatic hydroxyl groups is 1. The Morgan fingerprint density at radius 3 is 2.84 bits per heavy atom. The summed E-state index contributed by atoms with van der Waals surface area (Å²) in [5.41, 5.74) is 0.424. The van der Waals surface area contributed by atoms with Gasteiger partial charge < -0.3 is 5.11 Å². The highest BCUT2D eigenvalue weighted by Gasteiger charge is 2.17. The summed E-state index contributed by atoms with van der Waals surface area (Å²) in [6.07, 6.45) is 2.99. The van der Waals surface area contributed by atoms with Crippen LogP contribution in [-0.4, -0.2) is 26.6 Å². The molecule has 5 nitrogen and oxygen atoms in total. The smallest absolute Gasteiger partial charge is 0.246 e. The second-order valence-corrected chi connectivity index (χ2v) is 4.83. The van der Waals surface area contributed by atoms with Crippen molar-refractivity contribution in [2.75, 3.05) is 0 Å². The molecule has 0 saturated heterocycles. The first-order valence-corrected chi connectivity index (χ1v) is 6.43. The molecule has 0 bridgehead atoms. The van der Waals surface area contributed by atoms with Crippen LogP contribution in [0.25, 0.3) is 0 Å². The van der Waals surface area contributed by atoms with Gasteiger partial charge in [0.2, 0.25) is 5.91 Å². The number of halogens is 1. The molecule has 2 rings (SSSR count). The average Bonchev–Trinajstić information content (AvgIpc) is 2.89. The van der Waals surface area contributed by atoms with Gasteiger partial charge in [-0.15, -0.1) is 0 Å². The molecule has 0 amide bonds.